The van der Waals surface area contributed by atoms with E-state index in [2.05, 4.69) is 48.1 Å². The molecule has 0 bridgehead atoms. The summed E-state index contributed by atoms with van der Waals surface area (Å²) < 4.78 is 0. The van der Waals surface area contributed by atoms with E-state index < -0.39 is 0 Å². The molecular weight excluding hydrogens is 316 g/mol. The Kier molecular flexibility index (Phi) is 10.0. The zero-order valence-electron chi connectivity index (χ0n) is 16.8. The monoisotopic (exact) mass is 352 g/mol. The van der Waals surface area contributed by atoms with E-state index in [1.165, 1.54) is 86.7 Å². The van der Waals surface area contributed by atoms with Gasteiger partial charge in [-0.15, -0.1) is 0 Å². The van der Waals surface area contributed by atoms with Crippen molar-refractivity contribution >= 4 is 0 Å². The third-order valence-electron chi connectivity index (χ3n) is 5.06. The van der Waals surface area contributed by atoms with Crippen molar-refractivity contribution in [3.63, 3.8) is 0 Å². The van der Waals surface area contributed by atoms with Gasteiger partial charge in [0.25, 0.3) is 0 Å². The average Bonchev–Trinajstić information content (AvgIpc) is 2.65. The third-order valence-corrected chi connectivity index (χ3v) is 5.06. The molecule has 0 aromatic carbocycles. The third kappa shape index (κ3) is 9.12. The molecule has 2 heterocycles. The van der Waals surface area contributed by atoms with Gasteiger partial charge < -0.3 is 0 Å². The molecule has 0 spiro atoms. The second kappa shape index (κ2) is 12.6. The van der Waals surface area contributed by atoms with Gasteiger partial charge in [0.2, 0.25) is 0 Å². The lowest BCUT2D eigenvalue weighted by Gasteiger charge is -2.04. The van der Waals surface area contributed by atoms with E-state index in [1.807, 2.05) is 12.4 Å². The molecule has 0 radical (unpaired) electrons. The largest absolute Gasteiger partial charge is 0.261 e. The molecule has 0 fully saturated rings. The Morgan fingerprint density at radius 1 is 0.500 bits per heavy atom. The summed E-state index contributed by atoms with van der Waals surface area (Å²) in [5.74, 6) is 0. The van der Waals surface area contributed by atoms with Crippen LogP contribution < -0.4 is 0 Å². The molecule has 0 saturated carbocycles. The summed E-state index contributed by atoms with van der Waals surface area (Å²) in [6, 6.07) is 8.67. The highest BCUT2D eigenvalue weighted by molar-refractivity contribution is 5.12. The standard InChI is InChI=1S/C24H36N2/c1-21-15-17-23(25-19-21)13-11-9-7-5-3-4-6-8-10-12-14-24-18-16-22(2)20-26-24/h15-20H,3-14H2,1-2H3. The highest BCUT2D eigenvalue weighted by atomic mass is 14.7. The van der Waals surface area contributed by atoms with Gasteiger partial charge in [0.05, 0.1) is 0 Å². The first-order chi connectivity index (χ1) is 12.7. The van der Waals surface area contributed by atoms with E-state index in [0.29, 0.717) is 0 Å². The van der Waals surface area contributed by atoms with Crippen molar-refractivity contribution in [3.8, 4) is 0 Å². The van der Waals surface area contributed by atoms with Crippen LogP contribution in [0.25, 0.3) is 0 Å². The molecule has 2 rings (SSSR count). The Bertz CT molecular complexity index is 531. The molecule has 0 aliphatic rings. The van der Waals surface area contributed by atoms with Gasteiger partial charge >= 0.3 is 0 Å². The molecule has 142 valence electrons. The normalized spacial score (nSPS) is 11.0. The summed E-state index contributed by atoms with van der Waals surface area (Å²) in [7, 11) is 0. The van der Waals surface area contributed by atoms with E-state index in [4.69, 9.17) is 0 Å². The summed E-state index contributed by atoms with van der Waals surface area (Å²) in [5, 5.41) is 0. The molecule has 0 aliphatic carbocycles. The smallest absolute Gasteiger partial charge is 0.0403 e. The number of rotatable bonds is 13. The van der Waals surface area contributed by atoms with Crippen molar-refractivity contribution in [2.75, 3.05) is 0 Å². The van der Waals surface area contributed by atoms with Crippen molar-refractivity contribution < 1.29 is 0 Å². The van der Waals surface area contributed by atoms with Crippen LogP contribution in [-0.4, -0.2) is 9.97 Å². The van der Waals surface area contributed by atoms with Crippen molar-refractivity contribution in [2.45, 2.75) is 90.9 Å². The average molecular weight is 353 g/mol. The predicted octanol–water partition coefficient (Wildman–Crippen LogP) is 6.78. The number of hydrogen-bond donors (Lipinski definition) is 0. The van der Waals surface area contributed by atoms with E-state index in [1.54, 1.807) is 0 Å². The molecule has 2 aromatic rings. The van der Waals surface area contributed by atoms with Gasteiger partial charge in [-0.3, -0.25) is 9.97 Å². The number of aryl methyl sites for hydroxylation is 4. The molecule has 0 aliphatic heterocycles. The molecule has 2 heteroatoms. The number of nitrogens with zero attached hydrogens (tertiary/aromatic N) is 2. The predicted molar refractivity (Wildman–Crippen MR) is 112 cm³/mol. The summed E-state index contributed by atoms with van der Waals surface area (Å²) in [6.07, 6.45) is 19.8. The van der Waals surface area contributed by atoms with E-state index in [0.717, 1.165) is 12.8 Å². The van der Waals surface area contributed by atoms with Gasteiger partial charge in [-0.1, -0.05) is 63.5 Å². The molecule has 0 amide bonds. The van der Waals surface area contributed by atoms with Crippen LogP contribution in [0.3, 0.4) is 0 Å². The molecule has 0 N–H and O–H groups in total. The minimum Gasteiger partial charge on any atom is -0.261 e. The van der Waals surface area contributed by atoms with Gasteiger partial charge in [-0.2, -0.15) is 0 Å². The second-order valence-electron chi connectivity index (χ2n) is 7.69. The molecule has 0 atom stereocenters. The summed E-state index contributed by atoms with van der Waals surface area (Å²) in [4.78, 5) is 8.96. The minimum absolute atomic E-state index is 1.14. The number of unbranched alkanes of at least 4 members (excludes halogenated alkanes) is 9. The van der Waals surface area contributed by atoms with Gasteiger partial charge in [0.1, 0.15) is 0 Å². The number of aromatic nitrogens is 2. The van der Waals surface area contributed by atoms with Crippen LogP contribution in [0.4, 0.5) is 0 Å². The maximum Gasteiger partial charge on any atom is 0.0403 e. The first-order valence-corrected chi connectivity index (χ1v) is 10.6. The second-order valence-corrected chi connectivity index (χ2v) is 7.69. The van der Waals surface area contributed by atoms with Crippen molar-refractivity contribution in [2.24, 2.45) is 0 Å². The topological polar surface area (TPSA) is 25.8 Å². The lowest BCUT2D eigenvalue weighted by atomic mass is 10.0. The maximum atomic E-state index is 4.48. The van der Waals surface area contributed by atoms with Crippen LogP contribution in [0.1, 0.15) is 86.7 Å². The Balaban J connectivity index is 1.35. The molecule has 0 saturated heterocycles. The molecule has 2 aromatic heterocycles. The highest BCUT2D eigenvalue weighted by Gasteiger charge is 1.97. The Labute approximate surface area is 160 Å². The lowest BCUT2D eigenvalue weighted by Crippen LogP contribution is -1.91. The Hall–Kier alpha value is -1.70. The zero-order chi connectivity index (χ0) is 18.5. The van der Waals surface area contributed by atoms with Crippen LogP contribution in [0.15, 0.2) is 36.7 Å². The van der Waals surface area contributed by atoms with Crippen LogP contribution in [0.2, 0.25) is 0 Å². The van der Waals surface area contributed by atoms with E-state index in [-0.39, 0.29) is 0 Å². The zero-order valence-corrected chi connectivity index (χ0v) is 16.8. The Morgan fingerprint density at radius 3 is 1.15 bits per heavy atom. The SMILES string of the molecule is Cc1ccc(CCCCCCCCCCCCc2ccc(C)cn2)nc1. The fraction of sp³-hybridized carbons (Fsp3) is 0.583. The van der Waals surface area contributed by atoms with Gasteiger partial charge in [0, 0.05) is 23.8 Å². The van der Waals surface area contributed by atoms with Crippen molar-refractivity contribution in [1.82, 2.24) is 9.97 Å². The van der Waals surface area contributed by atoms with Crippen LogP contribution >= 0.6 is 0 Å². The number of pyridine rings is 2. The molecule has 0 unspecified atom stereocenters. The van der Waals surface area contributed by atoms with E-state index in [9.17, 15) is 0 Å². The minimum atomic E-state index is 1.14. The Morgan fingerprint density at radius 2 is 0.846 bits per heavy atom. The number of hydrogen-bond acceptors (Lipinski definition) is 2. The van der Waals surface area contributed by atoms with E-state index >= 15 is 0 Å². The maximum absolute atomic E-state index is 4.48. The van der Waals surface area contributed by atoms with Crippen LogP contribution in [0.5, 0.6) is 0 Å². The molecule has 2 nitrogen and oxygen atoms in total. The summed E-state index contributed by atoms with van der Waals surface area (Å²) in [5.41, 5.74) is 4.99. The first-order valence-electron chi connectivity index (χ1n) is 10.6. The van der Waals surface area contributed by atoms with Gasteiger partial charge in [-0.05, 0) is 62.8 Å². The van der Waals surface area contributed by atoms with Crippen LogP contribution in [0, 0.1) is 13.8 Å². The quantitative estimate of drug-likeness (QED) is 0.371. The summed E-state index contributed by atoms with van der Waals surface area (Å²) >= 11 is 0. The van der Waals surface area contributed by atoms with Crippen molar-refractivity contribution in [3.05, 3.63) is 59.2 Å². The van der Waals surface area contributed by atoms with Crippen LogP contribution in [-0.2, 0) is 12.8 Å². The molecule has 26 heavy (non-hydrogen) atoms. The van der Waals surface area contributed by atoms with Gasteiger partial charge in [0.15, 0.2) is 0 Å². The lowest BCUT2D eigenvalue weighted by molar-refractivity contribution is 0.549. The molecular formula is C24H36N2. The first kappa shape index (κ1) is 20.6. The highest BCUT2D eigenvalue weighted by Crippen LogP contribution is 2.13. The van der Waals surface area contributed by atoms with Gasteiger partial charge in [-0.25, -0.2) is 0 Å². The fourth-order valence-electron chi connectivity index (χ4n) is 3.32. The summed E-state index contributed by atoms with van der Waals surface area (Å²) in [6.45, 7) is 4.19. The fourth-order valence-corrected chi connectivity index (χ4v) is 3.32. The van der Waals surface area contributed by atoms with Crippen molar-refractivity contribution in [1.29, 1.82) is 0 Å².